The van der Waals surface area contributed by atoms with Gasteiger partial charge in [0.1, 0.15) is 0 Å². The van der Waals surface area contributed by atoms with E-state index in [1.807, 2.05) is 0 Å². The van der Waals surface area contributed by atoms with Crippen LogP contribution in [0.2, 0.25) is 0 Å². The topological polar surface area (TPSA) is 83.9 Å². The quantitative estimate of drug-likeness (QED) is 0.900. The van der Waals surface area contributed by atoms with E-state index in [0.717, 1.165) is 0 Å². The first-order chi connectivity index (χ1) is 9.35. The SMILES string of the molecule is Cc1c(C(=O)O)cccc1S(=O)(=O)N(C)C1CCOC1. The van der Waals surface area contributed by atoms with E-state index in [2.05, 4.69) is 0 Å². The van der Waals surface area contributed by atoms with Crippen LogP contribution in [0.3, 0.4) is 0 Å². The van der Waals surface area contributed by atoms with Crippen LogP contribution in [0.4, 0.5) is 0 Å². The van der Waals surface area contributed by atoms with Crippen LogP contribution < -0.4 is 0 Å². The molecule has 1 atom stereocenters. The van der Waals surface area contributed by atoms with Crippen LogP contribution in [0.15, 0.2) is 23.1 Å². The Balaban J connectivity index is 2.44. The van der Waals surface area contributed by atoms with Gasteiger partial charge in [0.25, 0.3) is 0 Å². The van der Waals surface area contributed by atoms with E-state index in [1.165, 1.54) is 36.5 Å². The molecular weight excluding hydrogens is 282 g/mol. The highest BCUT2D eigenvalue weighted by molar-refractivity contribution is 7.89. The van der Waals surface area contributed by atoms with Gasteiger partial charge < -0.3 is 9.84 Å². The second kappa shape index (κ2) is 5.51. The molecule has 1 fully saturated rings. The Hall–Kier alpha value is -1.44. The predicted octanol–water partition coefficient (Wildman–Crippen LogP) is 1.10. The molecular formula is C13H17NO5S. The van der Waals surface area contributed by atoms with Gasteiger partial charge in [0, 0.05) is 13.7 Å². The Morgan fingerprint density at radius 2 is 2.15 bits per heavy atom. The molecule has 0 aliphatic carbocycles. The van der Waals surface area contributed by atoms with Gasteiger partial charge in [-0.3, -0.25) is 0 Å². The Morgan fingerprint density at radius 1 is 1.45 bits per heavy atom. The summed E-state index contributed by atoms with van der Waals surface area (Å²) in [7, 11) is -2.22. The number of sulfonamides is 1. The number of aromatic carboxylic acids is 1. The number of carboxylic acid groups (broad SMARTS) is 1. The normalized spacial score (nSPS) is 19.4. The lowest BCUT2D eigenvalue weighted by atomic mass is 10.1. The first kappa shape index (κ1) is 15.0. The molecule has 1 aromatic carbocycles. The van der Waals surface area contributed by atoms with Gasteiger partial charge in [0.05, 0.1) is 23.1 Å². The molecule has 0 bridgehead atoms. The molecule has 1 N–H and O–H groups in total. The van der Waals surface area contributed by atoms with E-state index in [-0.39, 0.29) is 22.1 Å². The maximum atomic E-state index is 12.6. The summed E-state index contributed by atoms with van der Waals surface area (Å²) >= 11 is 0. The minimum atomic E-state index is -3.72. The Morgan fingerprint density at radius 3 is 2.70 bits per heavy atom. The number of carbonyl (C=O) groups is 1. The molecule has 1 aliphatic rings. The van der Waals surface area contributed by atoms with Crippen LogP contribution >= 0.6 is 0 Å². The van der Waals surface area contributed by atoms with Crippen LogP contribution in [-0.4, -0.2) is 50.1 Å². The van der Waals surface area contributed by atoms with Crippen molar-refractivity contribution in [2.24, 2.45) is 0 Å². The molecule has 110 valence electrons. The van der Waals surface area contributed by atoms with Crippen LogP contribution in [0, 0.1) is 6.92 Å². The van der Waals surface area contributed by atoms with E-state index in [1.54, 1.807) is 0 Å². The summed E-state index contributed by atoms with van der Waals surface area (Å²) in [6.07, 6.45) is 0.646. The highest BCUT2D eigenvalue weighted by Crippen LogP contribution is 2.25. The van der Waals surface area contributed by atoms with Crippen molar-refractivity contribution in [3.8, 4) is 0 Å². The van der Waals surface area contributed by atoms with Gasteiger partial charge in [-0.2, -0.15) is 4.31 Å². The molecule has 1 heterocycles. The molecule has 1 saturated heterocycles. The van der Waals surface area contributed by atoms with Crippen molar-refractivity contribution in [3.63, 3.8) is 0 Å². The number of carboxylic acids is 1. The Kier molecular flexibility index (Phi) is 4.12. The summed E-state index contributed by atoms with van der Waals surface area (Å²) in [6, 6.07) is 4.08. The highest BCUT2D eigenvalue weighted by atomic mass is 32.2. The predicted molar refractivity (Wildman–Crippen MR) is 72.3 cm³/mol. The fraction of sp³-hybridized carbons (Fsp3) is 0.462. The number of nitrogens with zero attached hydrogens (tertiary/aromatic N) is 1. The third kappa shape index (κ3) is 2.56. The van der Waals surface area contributed by atoms with Crippen molar-refractivity contribution in [1.29, 1.82) is 0 Å². The summed E-state index contributed by atoms with van der Waals surface area (Å²) in [5.74, 6) is -1.13. The van der Waals surface area contributed by atoms with E-state index in [4.69, 9.17) is 9.84 Å². The molecule has 0 spiro atoms. The van der Waals surface area contributed by atoms with Crippen LogP contribution in [0.5, 0.6) is 0 Å². The van der Waals surface area contributed by atoms with Gasteiger partial charge in [-0.15, -0.1) is 0 Å². The number of rotatable bonds is 4. The first-order valence-corrected chi connectivity index (χ1v) is 7.68. The number of likely N-dealkylation sites (N-methyl/N-ethyl adjacent to an activating group) is 1. The molecule has 1 aliphatic heterocycles. The highest BCUT2D eigenvalue weighted by Gasteiger charge is 2.32. The fourth-order valence-corrected chi connectivity index (χ4v) is 3.90. The summed E-state index contributed by atoms with van der Waals surface area (Å²) in [4.78, 5) is 11.1. The largest absolute Gasteiger partial charge is 0.478 e. The second-order valence-electron chi connectivity index (χ2n) is 4.77. The average Bonchev–Trinajstić information content (AvgIpc) is 2.91. The maximum Gasteiger partial charge on any atom is 0.335 e. The lowest BCUT2D eigenvalue weighted by Gasteiger charge is -2.23. The van der Waals surface area contributed by atoms with Gasteiger partial charge >= 0.3 is 5.97 Å². The number of ether oxygens (including phenoxy) is 1. The molecule has 7 heteroatoms. The van der Waals surface area contributed by atoms with Gasteiger partial charge in [0.15, 0.2) is 0 Å². The van der Waals surface area contributed by atoms with E-state index < -0.39 is 16.0 Å². The maximum absolute atomic E-state index is 12.6. The fourth-order valence-electron chi connectivity index (χ4n) is 2.29. The summed E-state index contributed by atoms with van der Waals surface area (Å²) in [5, 5.41) is 9.08. The van der Waals surface area contributed by atoms with E-state index in [9.17, 15) is 13.2 Å². The number of hydrogen-bond donors (Lipinski definition) is 1. The molecule has 1 unspecified atom stereocenters. The minimum absolute atomic E-state index is 0.00199. The zero-order valence-electron chi connectivity index (χ0n) is 11.4. The lowest BCUT2D eigenvalue weighted by molar-refractivity contribution is 0.0696. The zero-order valence-corrected chi connectivity index (χ0v) is 12.2. The molecule has 20 heavy (non-hydrogen) atoms. The van der Waals surface area contributed by atoms with Crippen molar-refractivity contribution < 1.29 is 23.1 Å². The smallest absolute Gasteiger partial charge is 0.335 e. The third-order valence-electron chi connectivity index (χ3n) is 3.59. The number of benzene rings is 1. The van der Waals surface area contributed by atoms with Crippen molar-refractivity contribution in [2.75, 3.05) is 20.3 Å². The number of hydrogen-bond acceptors (Lipinski definition) is 4. The summed E-state index contributed by atoms with van der Waals surface area (Å²) < 4.78 is 31.7. The third-order valence-corrected chi connectivity index (χ3v) is 5.65. The van der Waals surface area contributed by atoms with Gasteiger partial charge in [-0.05, 0) is 31.0 Å². The molecule has 0 radical (unpaired) electrons. The van der Waals surface area contributed by atoms with Crippen LogP contribution in [0.25, 0.3) is 0 Å². The van der Waals surface area contributed by atoms with Crippen molar-refractivity contribution in [2.45, 2.75) is 24.3 Å². The average molecular weight is 299 g/mol. The van der Waals surface area contributed by atoms with Crippen LogP contribution in [-0.2, 0) is 14.8 Å². The van der Waals surface area contributed by atoms with Crippen molar-refractivity contribution in [3.05, 3.63) is 29.3 Å². The lowest BCUT2D eigenvalue weighted by Crippen LogP contribution is -2.37. The van der Waals surface area contributed by atoms with E-state index >= 15 is 0 Å². The monoisotopic (exact) mass is 299 g/mol. The molecule has 0 aromatic heterocycles. The molecule has 1 aromatic rings. The van der Waals surface area contributed by atoms with Gasteiger partial charge in [0.2, 0.25) is 10.0 Å². The molecule has 6 nitrogen and oxygen atoms in total. The summed E-state index contributed by atoms with van der Waals surface area (Å²) in [6.45, 7) is 2.42. The van der Waals surface area contributed by atoms with Crippen molar-refractivity contribution >= 4 is 16.0 Å². The molecule has 2 rings (SSSR count). The molecule has 0 amide bonds. The van der Waals surface area contributed by atoms with Gasteiger partial charge in [-0.1, -0.05) is 6.07 Å². The first-order valence-electron chi connectivity index (χ1n) is 6.24. The zero-order chi connectivity index (χ0) is 14.9. The Bertz CT molecular complexity index is 620. The minimum Gasteiger partial charge on any atom is -0.478 e. The second-order valence-corrected chi connectivity index (χ2v) is 6.74. The van der Waals surface area contributed by atoms with Crippen LogP contribution in [0.1, 0.15) is 22.3 Å². The Labute approximate surface area is 118 Å². The summed E-state index contributed by atoms with van der Waals surface area (Å²) in [5.41, 5.74) is 0.257. The van der Waals surface area contributed by atoms with Gasteiger partial charge in [-0.25, -0.2) is 13.2 Å². The van der Waals surface area contributed by atoms with E-state index in [0.29, 0.717) is 19.6 Å². The molecule has 0 saturated carbocycles. The standard InChI is InChI=1S/C13H17NO5S/c1-9-11(13(15)16)4-3-5-12(9)20(17,18)14(2)10-6-7-19-8-10/h3-5,10H,6-8H2,1-2H3,(H,15,16). The van der Waals surface area contributed by atoms with Crippen molar-refractivity contribution in [1.82, 2.24) is 4.31 Å².